The van der Waals surface area contributed by atoms with Crippen LogP contribution in [0.4, 0.5) is 0 Å². The monoisotopic (exact) mass is 442 g/mol. The van der Waals surface area contributed by atoms with Crippen molar-refractivity contribution in [3.8, 4) is 0 Å². The number of allylic oxidation sites excluding steroid dienone is 1. The largest absolute Gasteiger partial charge is 0.393 e. The van der Waals surface area contributed by atoms with Gasteiger partial charge in [0.05, 0.1) is 6.10 Å². The van der Waals surface area contributed by atoms with E-state index in [-0.39, 0.29) is 6.10 Å². The summed E-state index contributed by atoms with van der Waals surface area (Å²) in [7, 11) is 0. The van der Waals surface area contributed by atoms with Gasteiger partial charge in [0.15, 0.2) is 0 Å². The van der Waals surface area contributed by atoms with Crippen molar-refractivity contribution in [1.29, 1.82) is 0 Å². The van der Waals surface area contributed by atoms with Gasteiger partial charge >= 0.3 is 0 Å². The fraction of sp³-hybridized carbons (Fsp3) is 0.935. The Morgan fingerprint density at radius 2 is 1.75 bits per heavy atom. The van der Waals surface area contributed by atoms with Crippen LogP contribution in [0.25, 0.3) is 0 Å². The normalized spacial score (nSPS) is 44.5. The topological polar surface area (TPSA) is 20.2 Å². The molecule has 10 unspecified atom stereocenters. The Hall–Kier alpha value is -0.300. The number of rotatable bonds is 7. The van der Waals surface area contributed by atoms with E-state index >= 15 is 0 Å². The van der Waals surface area contributed by atoms with Crippen molar-refractivity contribution in [2.24, 2.45) is 52.3 Å². The average Bonchev–Trinajstić information content (AvgIpc) is 2.78. The third-order valence-electron chi connectivity index (χ3n) is 12.0. The Labute approximate surface area is 200 Å². The molecular formula is C31H54O. The fourth-order valence-electron chi connectivity index (χ4n) is 9.72. The highest BCUT2D eigenvalue weighted by Crippen LogP contribution is 2.66. The van der Waals surface area contributed by atoms with Gasteiger partial charge in [-0.25, -0.2) is 0 Å². The molecule has 32 heavy (non-hydrogen) atoms. The molecule has 0 aromatic carbocycles. The summed E-state index contributed by atoms with van der Waals surface area (Å²) < 4.78 is 0. The summed E-state index contributed by atoms with van der Waals surface area (Å²) in [4.78, 5) is 0. The van der Waals surface area contributed by atoms with Crippen molar-refractivity contribution in [1.82, 2.24) is 0 Å². The third kappa shape index (κ3) is 4.27. The first-order valence-electron chi connectivity index (χ1n) is 14.6. The van der Waals surface area contributed by atoms with Crippen LogP contribution in [-0.2, 0) is 0 Å². The van der Waals surface area contributed by atoms with E-state index in [2.05, 4.69) is 47.6 Å². The molecule has 1 heteroatoms. The number of hydrogen-bond donors (Lipinski definition) is 1. The van der Waals surface area contributed by atoms with E-state index in [0.717, 1.165) is 54.3 Å². The maximum absolute atomic E-state index is 10.3. The summed E-state index contributed by atoms with van der Waals surface area (Å²) in [6, 6.07) is 0. The van der Waals surface area contributed by atoms with Crippen LogP contribution < -0.4 is 0 Å². The molecule has 0 heterocycles. The summed E-state index contributed by atoms with van der Waals surface area (Å²) in [6.07, 6.45) is 19.9. The lowest BCUT2D eigenvalue weighted by Crippen LogP contribution is -2.54. The number of aliphatic hydroxyl groups is 1. The van der Waals surface area contributed by atoms with Gasteiger partial charge in [0.25, 0.3) is 0 Å². The molecule has 0 aromatic rings. The highest BCUT2D eigenvalue weighted by molar-refractivity contribution is 5.25. The zero-order valence-corrected chi connectivity index (χ0v) is 22.3. The first-order valence-corrected chi connectivity index (χ1v) is 14.6. The second kappa shape index (κ2) is 9.75. The van der Waals surface area contributed by atoms with E-state index in [1.807, 2.05) is 0 Å². The second-order valence-corrected chi connectivity index (χ2v) is 13.3. The van der Waals surface area contributed by atoms with Crippen LogP contribution in [0.2, 0.25) is 0 Å². The van der Waals surface area contributed by atoms with Gasteiger partial charge in [0.2, 0.25) is 0 Å². The molecular weight excluding hydrogens is 388 g/mol. The van der Waals surface area contributed by atoms with Crippen molar-refractivity contribution in [3.63, 3.8) is 0 Å². The molecule has 1 nitrogen and oxygen atoms in total. The van der Waals surface area contributed by atoms with Crippen LogP contribution in [-0.4, -0.2) is 11.2 Å². The van der Waals surface area contributed by atoms with Gasteiger partial charge in [0, 0.05) is 0 Å². The van der Waals surface area contributed by atoms with E-state index in [1.54, 1.807) is 5.57 Å². The van der Waals surface area contributed by atoms with E-state index < -0.39 is 0 Å². The molecule has 0 amide bonds. The summed E-state index contributed by atoms with van der Waals surface area (Å²) in [5.41, 5.74) is 2.57. The maximum atomic E-state index is 10.3. The van der Waals surface area contributed by atoms with Crippen molar-refractivity contribution < 1.29 is 5.11 Å². The van der Waals surface area contributed by atoms with Gasteiger partial charge in [-0.3, -0.25) is 0 Å². The van der Waals surface area contributed by atoms with Crippen LogP contribution in [0.15, 0.2) is 11.6 Å². The van der Waals surface area contributed by atoms with Crippen molar-refractivity contribution >= 4 is 0 Å². The van der Waals surface area contributed by atoms with Crippen molar-refractivity contribution in [3.05, 3.63) is 11.6 Å². The van der Waals surface area contributed by atoms with Crippen LogP contribution >= 0.6 is 0 Å². The molecule has 0 radical (unpaired) electrons. The molecule has 3 fully saturated rings. The highest BCUT2D eigenvalue weighted by Gasteiger charge is 2.57. The molecule has 4 aliphatic rings. The average molecular weight is 443 g/mol. The zero-order chi connectivity index (χ0) is 23.1. The minimum atomic E-state index is -0.0815. The van der Waals surface area contributed by atoms with Gasteiger partial charge in [-0.05, 0) is 110 Å². The van der Waals surface area contributed by atoms with E-state index in [9.17, 15) is 5.11 Å². The maximum Gasteiger partial charge on any atom is 0.0577 e. The predicted molar refractivity (Wildman–Crippen MR) is 137 cm³/mol. The minimum absolute atomic E-state index is 0.0815. The number of aliphatic hydroxyl groups excluding tert-OH is 1. The van der Waals surface area contributed by atoms with Gasteiger partial charge in [0.1, 0.15) is 0 Å². The first-order chi connectivity index (χ1) is 15.2. The SMILES string of the molecule is CCC(C)C(CC)CCC(C)C1CCCC2C3CC=C4CC(O)CCC4(C)C3CCC12C. The summed E-state index contributed by atoms with van der Waals surface area (Å²) in [6.45, 7) is 15.2. The lowest BCUT2D eigenvalue weighted by atomic mass is 9.42. The molecule has 4 rings (SSSR count). The third-order valence-corrected chi connectivity index (χ3v) is 12.0. The van der Waals surface area contributed by atoms with E-state index in [1.165, 1.54) is 70.6 Å². The molecule has 4 aliphatic carbocycles. The van der Waals surface area contributed by atoms with Gasteiger partial charge < -0.3 is 5.11 Å². The number of fused-ring (bicyclic) bond motifs is 5. The molecule has 3 saturated carbocycles. The van der Waals surface area contributed by atoms with E-state index in [4.69, 9.17) is 0 Å². The van der Waals surface area contributed by atoms with Crippen molar-refractivity contribution in [2.75, 3.05) is 0 Å². The van der Waals surface area contributed by atoms with Crippen LogP contribution in [0, 0.1) is 52.3 Å². The summed E-state index contributed by atoms with van der Waals surface area (Å²) in [5.74, 6) is 6.33. The van der Waals surface area contributed by atoms with Gasteiger partial charge in [-0.15, -0.1) is 0 Å². The Morgan fingerprint density at radius 3 is 2.47 bits per heavy atom. The molecule has 10 atom stereocenters. The highest BCUT2D eigenvalue weighted by atomic mass is 16.3. The second-order valence-electron chi connectivity index (χ2n) is 13.3. The Balaban J connectivity index is 1.49. The lowest BCUT2D eigenvalue weighted by Gasteiger charge is -2.62. The molecule has 0 bridgehead atoms. The predicted octanol–water partition coefficient (Wildman–Crippen LogP) is 8.81. The Bertz CT molecular complexity index is 665. The standard InChI is InChI=1S/C31H54O/c1-7-21(3)23(8-2)13-12-22(4)27-10-9-11-28-26-15-14-24-20-25(32)16-18-30(24,5)29(26)17-19-31(27,28)6/h14,21-23,25-29,32H,7-13,15-20H2,1-6H3. The molecule has 0 spiro atoms. The Morgan fingerprint density at radius 1 is 0.969 bits per heavy atom. The van der Waals surface area contributed by atoms with Crippen molar-refractivity contribution in [2.45, 2.75) is 131 Å². The molecule has 1 N–H and O–H groups in total. The number of hydrogen-bond acceptors (Lipinski definition) is 1. The Kier molecular flexibility index (Phi) is 7.56. The molecule has 184 valence electrons. The first kappa shape index (κ1) is 24.8. The molecule has 0 aromatic heterocycles. The van der Waals surface area contributed by atoms with Crippen LogP contribution in [0.3, 0.4) is 0 Å². The summed E-state index contributed by atoms with van der Waals surface area (Å²) in [5, 5.41) is 10.3. The molecule has 0 saturated heterocycles. The lowest BCUT2D eigenvalue weighted by molar-refractivity contribution is -0.110. The van der Waals surface area contributed by atoms with E-state index in [0.29, 0.717) is 10.8 Å². The fourth-order valence-corrected chi connectivity index (χ4v) is 9.72. The zero-order valence-electron chi connectivity index (χ0n) is 22.3. The summed E-state index contributed by atoms with van der Waals surface area (Å²) >= 11 is 0. The smallest absolute Gasteiger partial charge is 0.0577 e. The van der Waals surface area contributed by atoms with Gasteiger partial charge in [-0.2, -0.15) is 0 Å². The molecule has 0 aliphatic heterocycles. The van der Waals surface area contributed by atoms with Crippen LogP contribution in [0.5, 0.6) is 0 Å². The minimum Gasteiger partial charge on any atom is -0.393 e. The van der Waals surface area contributed by atoms with Crippen LogP contribution in [0.1, 0.15) is 125 Å². The quantitative estimate of drug-likeness (QED) is 0.390. The van der Waals surface area contributed by atoms with Gasteiger partial charge in [-0.1, -0.05) is 78.9 Å².